The summed E-state index contributed by atoms with van der Waals surface area (Å²) in [5, 5.41) is 12.0. The number of allylic oxidation sites excluding steroid dienone is 2. The van der Waals surface area contributed by atoms with Crippen LogP contribution in [0.5, 0.6) is 0 Å². The van der Waals surface area contributed by atoms with E-state index in [0.29, 0.717) is 0 Å². The van der Waals surface area contributed by atoms with Crippen molar-refractivity contribution in [2.45, 2.75) is 4.90 Å². The molecule has 2 rings (SSSR count). The van der Waals surface area contributed by atoms with Crippen molar-refractivity contribution < 1.29 is 22.6 Å². The van der Waals surface area contributed by atoms with Gasteiger partial charge >= 0.3 is 0 Å². The molecule has 0 bridgehead atoms. The van der Waals surface area contributed by atoms with Crippen LogP contribution in [-0.4, -0.2) is 24.5 Å². The summed E-state index contributed by atoms with van der Waals surface area (Å²) in [6.07, 6.45) is 2.05. The average molecular weight is 266 g/mol. The maximum Gasteiger partial charge on any atom is 0.295 e. The van der Waals surface area contributed by atoms with Crippen molar-refractivity contribution in [1.29, 1.82) is 10.8 Å². The molecule has 1 aliphatic rings. The summed E-state index contributed by atoms with van der Waals surface area (Å²) in [5.41, 5.74) is -0.278. The van der Waals surface area contributed by atoms with E-state index in [1.165, 1.54) is 12.1 Å². The lowest BCUT2D eigenvalue weighted by molar-refractivity contribution is 0.0991. The van der Waals surface area contributed by atoms with Gasteiger partial charge in [0.25, 0.3) is 10.1 Å². The topological polar surface area (TPSA) is 136 Å². The third-order valence-electron chi connectivity index (χ3n) is 2.20. The van der Waals surface area contributed by atoms with Crippen LogP contribution in [-0.2, 0) is 10.1 Å². The van der Waals surface area contributed by atoms with Crippen LogP contribution < -0.4 is 0 Å². The molecule has 0 atom stereocenters. The number of hydrogen-bond acceptors (Lipinski definition) is 6. The van der Waals surface area contributed by atoms with E-state index in [2.05, 4.69) is 0 Å². The lowest BCUT2D eigenvalue weighted by atomic mass is 9.95. The van der Waals surface area contributed by atoms with Gasteiger partial charge in [0.05, 0.1) is 5.56 Å². The van der Waals surface area contributed by atoms with Gasteiger partial charge in [0.15, 0.2) is 11.6 Å². The monoisotopic (exact) mass is 266 g/mol. The molecule has 0 spiro atoms. The number of fused-ring (bicyclic) bond motifs is 1. The van der Waals surface area contributed by atoms with Gasteiger partial charge in [-0.05, 0) is 18.2 Å². The normalized spacial score (nSPS) is 13.5. The molecule has 1 aromatic carbocycles. The number of ketones is 2. The number of rotatable bonds is 1. The minimum atomic E-state index is -4.51. The molecule has 0 saturated heterocycles. The van der Waals surface area contributed by atoms with Crippen LogP contribution in [0.4, 0.5) is 0 Å². The summed E-state index contributed by atoms with van der Waals surface area (Å²) >= 11 is 0. The highest BCUT2D eigenvalue weighted by Gasteiger charge is 2.26. The number of carbonyl (C=O) groups excluding carboxylic acids is 2. The van der Waals surface area contributed by atoms with E-state index >= 15 is 0 Å². The largest absolute Gasteiger partial charge is 0.295 e. The zero-order valence-electron chi connectivity index (χ0n) is 8.77. The quantitative estimate of drug-likeness (QED) is 0.588. The zero-order chi connectivity index (χ0) is 13.9. The van der Waals surface area contributed by atoms with Crippen molar-refractivity contribution >= 4 is 21.7 Å². The second-order valence-electron chi connectivity index (χ2n) is 3.22. The first kappa shape index (κ1) is 13.7. The van der Waals surface area contributed by atoms with Crippen LogP contribution in [0.1, 0.15) is 20.7 Å². The first-order valence-corrected chi connectivity index (χ1v) is 5.92. The minimum Gasteiger partial charge on any atom is -0.289 e. The van der Waals surface area contributed by atoms with Crippen molar-refractivity contribution in [1.82, 2.24) is 0 Å². The molecule has 0 saturated carbocycles. The Kier molecular flexibility index (Phi) is 3.70. The fourth-order valence-electron chi connectivity index (χ4n) is 1.53. The molecule has 0 heterocycles. The van der Waals surface area contributed by atoms with Crippen molar-refractivity contribution in [2.75, 3.05) is 0 Å². The van der Waals surface area contributed by atoms with E-state index in [0.717, 1.165) is 18.2 Å². The van der Waals surface area contributed by atoms with Crippen molar-refractivity contribution in [3.05, 3.63) is 41.5 Å². The molecule has 1 aliphatic carbocycles. The molecule has 0 amide bonds. The molecule has 7 nitrogen and oxygen atoms in total. The maximum absolute atomic E-state index is 11.5. The number of hydrogen-bond donors (Lipinski definition) is 1. The number of carbonyl (C=O) groups is 2. The molecular formula is C10H6N2O5S. The van der Waals surface area contributed by atoms with E-state index in [4.69, 9.17) is 15.3 Å². The third kappa shape index (κ3) is 2.32. The second kappa shape index (κ2) is 4.87. The summed E-state index contributed by atoms with van der Waals surface area (Å²) < 4.78 is 31.0. The summed E-state index contributed by atoms with van der Waals surface area (Å²) in [6, 6.07) is 3.72. The lowest BCUT2D eigenvalue weighted by Gasteiger charge is -2.11. The number of nitrogens with zero attached hydrogens (tertiary/aromatic N) is 2. The van der Waals surface area contributed by atoms with Crippen molar-refractivity contribution in [2.24, 2.45) is 0 Å². The summed E-state index contributed by atoms with van der Waals surface area (Å²) in [4.78, 5) is 22.3. The van der Waals surface area contributed by atoms with Gasteiger partial charge in [-0.3, -0.25) is 14.1 Å². The van der Waals surface area contributed by atoms with E-state index in [-0.39, 0.29) is 11.1 Å². The zero-order valence-corrected chi connectivity index (χ0v) is 9.59. The smallest absolute Gasteiger partial charge is 0.289 e. The summed E-state index contributed by atoms with van der Waals surface area (Å²) in [6.45, 7) is 0. The Morgan fingerprint density at radius 1 is 1.00 bits per heavy atom. The average Bonchev–Trinajstić information content (AvgIpc) is 2.35. The minimum absolute atomic E-state index is 0.0115. The van der Waals surface area contributed by atoms with Crippen LogP contribution >= 0.6 is 0 Å². The Morgan fingerprint density at radius 2 is 1.56 bits per heavy atom. The fourth-order valence-corrected chi connectivity index (χ4v) is 2.25. The molecule has 18 heavy (non-hydrogen) atoms. The molecule has 0 aliphatic heterocycles. The molecule has 0 aromatic heterocycles. The third-order valence-corrected chi connectivity index (χ3v) is 3.10. The Hall–Kier alpha value is -2.37. The first-order valence-electron chi connectivity index (χ1n) is 4.48. The van der Waals surface area contributed by atoms with E-state index in [9.17, 15) is 18.0 Å². The standard InChI is InChI=1S/C10H6O5S.N2/c11-7-4-5-8(12)10-6(7)2-1-3-9(10)16(13,14)15;1-2/h1-5H,(H,13,14,15);. The van der Waals surface area contributed by atoms with Gasteiger partial charge in [0.2, 0.25) is 0 Å². The first-order chi connectivity index (χ1) is 8.41. The SMILES string of the molecule is N#N.O=C1C=CC(=O)c2c1cccc2S(=O)(=O)O. The highest BCUT2D eigenvalue weighted by molar-refractivity contribution is 7.86. The van der Waals surface area contributed by atoms with Gasteiger partial charge in [0.1, 0.15) is 4.90 Å². The predicted molar refractivity (Wildman–Crippen MR) is 57.5 cm³/mol. The highest BCUT2D eigenvalue weighted by Crippen LogP contribution is 2.24. The Balaban J connectivity index is 0.000000771. The number of benzene rings is 1. The molecule has 8 heteroatoms. The van der Waals surface area contributed by atoms with Crippen LogP contribution in [0.15, 0.2) is 35.2 Å². The molecule has 1 N–H and O–H groups in total. The maximum atomic E-state index is 11.5. The highest BCUT2D eigenvalue weighted by atomic mass is 32.2. The van der Waals surface area contributed by atoms with Crippen LogP contribution in [0.3, 0.4) is 0 Å². The fraction of sp³-hybridized carbons (Fsp3) is 0. The Labute approximate surface area is 102 Å². The summed E-state index contributed by atoms with van der Waals surface area (Å²) in [5.74, 6) is -1.07. The molecule has 0 fully saturated rings. The molecule has 1 aromatic rings. The lowest BCUT2D eigenvalue weighted by Crippen LogP contribution is -2.16. The van der Waals surface area contributed by atoms with Gasteiger partial charge in [-0.2, -0.15) is 8.42 Å². The van der Waals surface area contributed by atoms with E-state index < -0.39 is 26.6 Å². The van der Waals surface area contributed by atoms with Gasteiger partial charge in [-0.1, -0.05) is 12.1 Å². The molecule has 0 unspecified atom stereocenters. The second-order valence-corrected chi connectivity index (χ2v) is 4.61. The Bertz CT molecular complexity index is 673. The van der Waals surface area contributed by atoms with Gasteiger partial charge in [-0.25, -0.2) is 0 Å². The molecule has 92 valence electrons. The Morgan fingerprint density at radius 3 is 2.11 bits per heavy atom. The van der Waals surface area contributed by atoms with E-state index in [1.54, 1.807) is 0 Å². The summed E-state index contributed by atoms with van der Waals surface area (Å²) in [7, 11) is -4.51. The van der Waals surface area contributed by atoms with Crippen molar-refractivity contribution in [3.8, 4) is 0 Å². The van der Waals surface area contributed by atoms with Gasteiger partial charge < -0.3 is 0 Å². The van der Waals surface area contributed by atoms with Crippen LogP contribution in [0.25, 0.3) is 0 Å². The predicted octanol–water partition coefficient (Wildman–Crippen LogP) is 0.899. The van der Waals surface area contributed by atoms with E-state index in [1.807, 2.05) is 0 Å². The van der Waals surface area contributed by atoms with Gasteiger partial charge in [0, 0.05) is 16.3 Å². The molecular weight excluding hydrogens is 260 g/mol. The van der Waals surface area contributed by atoms with Crippen LogP contribution in [0.2, 0.25) is 0 Å². The molecule has 0 radical (unpaired) electrons. The van der Waals surface area contributed by atoms with Crippen molar-refractivity contribution in [3.63, 3.8) is 0 Å². The van der Waals surface area contributed by atoms with Gasteiger partial charge in [-0.15, -0.1) is 0 Å². The van der Waals surface area contributed by atoms with Crippen LogP contribution in [0, 0.1) is 10.8 Å².